The fourth-order valence-corrected chi connectivity index (χ4v) is 3.62. The molecule has 1 aromatic rings. The van der Waals surface area contributed by atoms with Gasteiger partial charge in [-0.2, -0.15) is 0 Å². The highest BCUT2D eigenvalue weighted by atomic mass is 79.9. The van der Waals surface area contributed by atoms with Crippen molar-refractivity contribution >= 4 is 27.5 Å². The second-order valence-electron chi connectivity index (χ2n) is 5.05. The van der Waals surface area contributed by atoms with Crippen molar-refractivity contribution in [2.24, 2.45) is 0 Å². The first-order valence-corrected chi connectivity index (χ1v) is 7.62. The van der Waals surface area contributed by atoms with Gasteiger partial charge in [-0.15, -0.1) is 11.6 Å². The number of hydrogen-bond donors (Lipinski definition) is 0. The van der Waals surface area contributed by atoms with Crippen LogP contribution in [-0.4, -0.2) is 18.8 Å². The lowest BCUT2D eigenvalue weighted by Crippen LogP contribution is -2.15. The van der Waals surface area contributed by atoms with Gasteiger partial charge in [0.05, 0.1) is 24.2 Å². The Morgan fingerprint density at radius 1 is 1.39 bits per heavy atom. The lowest BCUT2D eigenvalue weighted by Gasteiger charge is -2.20. The van der Waals surface area contributed by atoms with Gasteiger partial charge in [0, 0.05) is 16.5 Å². The number of hydrogen-bond acceptors (Lipinski definition) is 2. The van der Waals surface area contributed by atoms with Crippen LogP contribution in [0.5, 0.6) is 5.75 Å². The molecule has 3 atom stereocenters. The van der Waals surface area contributed by atoms with Crippen LogP contribution in [0.2, 0.25) is 0 Å². The number of benzene rings is 1. The maximum Gasteiger partial charge on any atom is 0.127 e. The Morgan fingerprint density at radius 3 is 2.94 bits per heavy atom. The molecule has 2 aliphatic rings. The summed E-state index contributed by atoms with van der Waals surface area (Å²) in [6.07, 6.45) is 3.50. The molecule has 0 aliphatic carbocycles. The Balaban J connectivity index is 1.92. The molecule has 3 unspecified atom stereocenters. The number of ether oxygens (including phenoxy) is 2. The molecule has 3 rings (SSSR count). The Morgan fingerprint density at radius 2 is 2.22 bits per heavy atom. The molecule has 2 nitrogen and oxygen atoms in total. The van der Waals surface area contributed by atoms with Gasteiger partial charge < -0.3 is 9.47 Å². The second-order valence-corrected chi connectivity index (χ2v) is 6.43. The van der Waals surface area contributed by atoms with Crippen molar-refractivity contribution in [3.8, 4) is 5.75 Å². The van der Waals surface area contributed by atoms with Crippen LogP contribution in [0.25, 0.3) is 0 Å². The predicted molar refractivity (Wildman–Crippen MR) is 75.5 cm³/mol. The Kier molecular flexibility index (Phi) is 3.57. The molecule has 1 fully saturated rings. The van der Waals surface area contributed by atoms with Crippen molar-refractivity contribution in [3.63, 3.8) is 0 Å². The van der Waals surface area contributed by atoms with Gasteiger partial charge in [-0.1, -0.05) is 15.9 Å². The minimum atomic E-state index is -0.126. The van der Waals surface area contributed by atoms with E-state index in [1.54, 1.807) is 0 Å². The van der Waals surface area contributed by atoms with Crippen LogP contribution in [0.3, 0.4) is 0 Å². The zero-order chi connectivity index (χ0) is 12.7. The van der Waals surface area contributed by atoms with Gasteiger partial charge in [0.15, 0.2) is 0 Å². The minimum absolute atomic E-state index is 0.101. The number of alkyl halides is 1. The molecule has 0 bridgehead atoms. The quantitative estimate of drug-likeness (QED) is 0.755. The smallest absolute Gasteiger partial charge is 0.127 e. The van der Waals surface area contributed by atoms with E-state index in [2.05, 4.69) is 35.0 Å². The largest absolute Gasteiger partial charge is 0.493 e. The van der Waals surface area contributed by atoms with E-state index in [-0.39, 0.29) is 11.5 Å². The summed E-state index contributed by atoms with van der Waals surface area (Å²) in [6.45, 7) is 2.86. The molecule has 0 N–H and O–H groups in total. The lowest BCUT2D eigenvalue weighted by molar-refractivity contribution is 0.0529. The van der Waals surface area contributed by atoms with Gasteiger partial charge in [0.1, 0.15) is 5.75 Å². The summed E-state index contributed by atoms with van der Waals surface area (Å²) in [5.41, 5.74) is 2.31. The Labute approximate surface area is 121 Å². The van der Waals surface area contributed by atoms with Crippen LogP contribution in [0.1, 0.15) is 36.3 Å². The summed E-state index contributed by atoms with van der Waals surface area (Å²) in [4.78, 5) is 0. The fourth-order valence-electron chi connectivity index (χ4n) is 2.75. The average Bonchev–Trinajstić information content (AvgIpc) is 2.95. The van der Waals surface area contributed by atoms with E-state index in [0.29, 0.717) is 6.10 Å². The van der Waals surface area contributed by atoms with E-state index >= 15 is 0 Å². The van der Waals surface area contributed by atoms with Crippen LogP contribution < -0.4 is 4.74 Å². The van der Waals surface area contributed by atoms with E-state index < -0.39 is 0 Å². The van der Waals surface area contributed by atoms with Crippen molar-refractivity contribution in [2.75, 3.05) is 6.61 Å². The first-order valence-electron chi connectivity index (χ1n) is 6.40. The summed E-state index contributed by atoms with van der Waals surface area (Å²) in [5, 5.41) is -0.126. The SMILES string of the molecule is CC1CCC(C(Cl)c2cc(Br)cc3c2OCC3)O1. The zero-order valence-corrected chi connectivity index (χ0v) is 12.6. The maximum absolute atomic E-state index is 6.61. The van der Waals surface area contributed by atoms with Crippen molar-refractivity contribution in [2.45, 2.75) is 43.8 Å². The molecule has 0 radical (unpaired) electrons. The predicted octanol–water partition coefficient (Wildman–Crippen LogP) is 4.23. The summed E-state index contributed by atoms with van der Waals surface area (Å²) in [5.74, 6) is 0.973. The minimum Gasteiger partial charge on any atom is -0.493 e. The third-order valence-corrected chi connectivity index (χ3v) is 4.64. The highest BCUT2D eigenvalue weighted by molar-refractivity contribution is 9.10. The van der Waals surface area contributed by atoms with E-state index in [1.165, 1.54) is 5.56 Å². The Hall–Kier alpha value is -0.250. The van der Waals surface area contributed by atoms with E-state index in [0.717, 1.165) is 41.7 Å². The van der Waals surface area contributed by atoms with Crippen LogP contribution in [-0.2, 0) is 11.2 Å². The Bertz CT molecular complexity index is 463. The number of halogens is 2. The van der Waals surface area contributed by atoms with Gasteiger partial charge in [0.25, 0.3) is 0 Å². The molecule has 1 aromatic carbocycles. The van der Waals surface area contributed by atoms with Gasteiger partial charge in [0.2, 0.25) is 0 Å². The summed E-state index contributed by atoms with van der Waals surface area (Å²) in [6, 6.07) is 4.18. The topological polar surface area (TPSA) is 18.5 Å². The van der Waals surface area contributed by atoms with Crippen LogP contribution >= 0.6 is 27.5 Å². The monoisotopic (exact) mass is 330 g/mol. The highest BCUT2D eigenvalue weighted by Crippen LogP contribution is 2.43. The second kappa shape index (κ2) is 5.03. The van der Waals surface area contributed by atoms with Crippen molar-refractivity contribution in [3.05, 3.63) is 27.7 Å². The van der Waals surface area contributed by atoms with E-state index in [4.69, 9.17) is 21.1 Å². The molecular formula is C14H16BrClO2. The molecular weight excluding hydrogens is 316 g/mol. The molecule has 2 heterocycles. The fraction of sp³-hybridized carbons (Fsp3) is 0.571. The van der Waals surface area contributed by atoms with Crippen molar-refractivity contribution in [1.29, 1.82) is 0 Å². The zero-order valence-electron chi connectivity index (χ0n) is 10.3. The van der Waals surface area contributed by atoms with Gasteiger partial charge in [-0.3, -0.25) is 0 Å². The number of fused-ring (bicyclic) bond motifs is 1. The highest BCUT2D eigenvalue weighted by Gasteiger charge is 2.32. The number of rotatable bonds is 2. The first-order chi connectivity index (χ1) is 8.65. The van der Waals surface area contributed by atoms with Crippen LogP contribution in [0.15, 0.2) is 16.6 Å². The molecule has 0 spiro atoms. The molecule has 0 amide bonds. The van der Waals surface area contributed by atoms with Crippen molar-refractivity contribution < 1.29 is 9.47 Å². The lowest BCUT2D eigenvalue weighted by atomic mass is 10.0. The van der Waals surface area contributed by atoms with Crippen molar-refractivity contribution in [1.82, 2.24) is 0 Å². The van der Waals surface area contributed by atoms with Gasteiger partial charge in [-0.05, 0) is 37.5 Å². The molecule has 98 valence electrons. The molecule has 0 aromatic heterocycles. The average molecular weight is 332 g/mol. The first kappa shape index (κ1) is 12.8. The summed E-state index contributed by atoms with van der Waals surface area (Å²) >= 11 is 10.2. The third kappa shape index (κ3) is 2.28. The molecule has 4 heteroatoms. The molecule has 18 heavy (non-hydrogen) atoms. The van der Waals surface area contributed by atoms with Crippen LogP contribution in [0.4, 0.5) is 0 Å². The maximum atomic E-state index is 6.61. The molecule has 1 saturated heterocycles. The standard InChI is InChI=1S/C14H16BrClO2/c1-8-2-3-12(18-8)13(16)11-7-10(15)6-9-4-5-17-14(9)11/h6-8,12-13H,2-5H2,1H3. The normalized spacial score (nSPS) is 27.9. The van der Waals surface area contributed by atoms with E-state index in [9.17, 15) is 0 Å². The summed E-state index contributed by atoms with van der Waals surface area (Å²) in [7, 11) is 0. The molecule has 0 saturated carbocycles. The van der Waals surface area contributed by atoms with Gasteiger partial charge in [-0.25, -0.2) is 0 Å². The third-order valence-electron chi connectivity index (χ3n) is 3.67. The summed E-state index contributed by atoms with van der Waals surface area (Å²) < 4.78 is 12.7. The molecule has 2 aliphatic heterocycles. The van der Waals surface area contributed by atoms with E-state index in [1.807, 2.05) is 0 Å². The van der Waals surface area contributed by atoms with Gasteiger partial charge >= 0.3 is 0 Å². The van der Waals surface area contributed by atoms with Crippen LogP contribution in [0, 0.1) is 0 Å².